The molecule has 1 aromatic rings. The van der Waals surface area contributed by atoms with Gasteiger partial charge >= 0.3 is 21.7 Å². The third-order valence-electron chi connectivity index (χ3n) is 3.09. The molecule has 8 nitrogen and oxygen atoms in total. The maximum Gasteiger partial charge on any atom is 0.534 e. The Hall–Kier alpha value is -2.11. The summed E-state index contributed by atoms with van der Waals surface area (Å²) >= 11 is 0. The van der Waals surface area contributed by atoms with Gasteiger partial charge in [0.15, 0.2) is 0 Å². The molecular weight excluding hydrogens is 367 g/mol. The largest absolute Gasteiger partial charge is 0.534 e. The number of amides is 1. The van der Waals surface area contributed by atoms with Gasteiger partial charge < -0.3 is 13.8 Å². The van der Waals surface area contributed by atoms with Crippen molar-refractivity contribution in [3.63, 3.8) is 0 Å². The number of hydrogen-bond acceptors (Lipinski definition) is 7. The smallest absolute Gasteiger partial charge is 0.444 e. The number of carbonyl (C=O) groups excluding carboxylic acids is 1. The Balaban J connectivity index is 2.22. The van der Waals surface area contributed by atoms with E-state index in [9.17, 15) is 26.4 Å². The van der Waals surface area contributed by atoms with Gasteiger partial charge in [0.1, 0.15) is 11.9 Å². The monoisotopic (exact) mass is 383 g/mol. The first-order valence-electron chi connectivity index (χ1n) is 7.11. The molecule has 0 radical (unpaired) electrons. The molecule has 0 spiro atoms. The molecular formula is C13H16F3N3O5S. The summed E-state index contributed by atoms with van der Waals surface area (Å²) in [6, 6.07) is 0. The van der Waals surface area contributed by atoms with E-state index in [0.717, 1.165) is 6.33 Å². The number of nitrogens with zero attached hydrogens (tertiary/aromatic N) is 3. The average Bonchev–Trinajstić information content (AvgIpc) is 2.43. The first-order valence-corrected chi connectivity index (χ1v) is 8.52. The quantitative estimate of drug-likeness (QED) is 0.569. The topological polar surface area (TPSA) is 98.7 Å². The molecule has 2 rings (SSSR count). The summed E-state index contributed by atoms with van der Waals surface area (Å²) in [6.45, 7) is 5.11. The molecule has 0 fully saturated rings. The van der Waals surface area contributed by atoms with Gasteiger partial charge in [-0.3, -0.25) is 0 Å². The van der Waals surface area contributed by atoms with Crippen LogP contribution in [0.5, 0.6) is 5.88 Å². The average molecular weight is 383 g/mol. The molecule has 1 aromatic heterocycles. The zero-order chi connectivity index (χ0) is 19.0. The highest BCUT2D eigenvalue weighted by Crippen LogP contribution is 2.30. The highest BCUT2D eigenvalue weighted by atomic mass is 32.2. The van der Waals surface area contributed by atoms with E-state index < -0.39 is 33.2 Å². The summed E-state index contributed by atoms with van der Waals surface area (Å²) < 4.78 is 69.0. The first-order chi connectivity index (χ1) is 11.3. The number of ether oxygens (including phenoxy) is 1. The highest BCUT2D eigenvalue weighted by molar-refractivity contribution is 7.87. The van der Waals surface area contributed by atoms with E-state index in [-0.39, 0.29) is 30.8 Å². The predicted octanol–water partition coefficient (Wildman–Crippen LogP) is 2.00. The summed E-state index contributed by atoms with van der Waals surface area (Å²) in [5.74, 6) is -0.689. The zero-order valence-electron chi connectivity index (χ0n) is 13.6. The number of fused-ring (bicyclic) bond motifs is 1. The van der Waals surface area contributed by atoms with Crippen molar-refractivity contribution in [1.82, 2.24) is 14.9 Å². The normalized spacial score (nSPS) is 15.5. The summed E-state index contributed by atoms with van der Waals surface area (Å²) in [5, 5.41) is 0. The minimum atomic E-state index is -5.83. The first kappa shape index (κ1) is 19.2. The molecule has 140 valence electrons. The molecule has 1 aliphatic heterocycles. The van der Waals surface area contributed by atoms with Crippen molar-refractivity contribution in [2.75, 3.05) is 6.54 Å². The van der Waals surface area contributed by atoms with Crippen molar-refractivity contribution in [3.8, 4) is 5.88 Å². The van der Waals surface area contributed by atoms with Crippen molar-refractivity contribution in [3.05, 3.63) is 17.6 Å². The predicted molar refractivity (Wildman–Crippen MR) is 78.0 cm³/mol. The summed E-state index contributed by atoms with van der Waals surface area (Å²) in [7, 11) is -5.83. The molecule has 0 unspecified atom stereocenters. The fourth-order valence-electron chi connectivity index (χ4n) is 2.03. The molecule has 1 aliphatic rings. The fourth-order valence-corrected chi connectivity index (χ4v) is 2.48. The van der Waals surface area contributed by atoms with E-state index in [1.165, 1.54) is 4.90 Å². The lowest BCUT2D eigenvalue weighted by molar-refractivity contribution is -0.0501. The molecule has 0 aromatic carbocycles. The van der Waals surface area contributed by atoms with Gasteiger partial charge in [0.2, 0.25) is 5.88 Å². The molecule has 0 atom stereocenters. The molecule has 0 saturated heterocycles. The van der Waals surface area contributed by atoms with E-state index in [1.54, 1.807) is 20.8 Å². The van der Waals surface area contributed by atoms with Gasteiger partial charge in [-0.25, -0.2) is 14.8 Å². The molecule has 2 heterocycles. The van der Waals surface area contributed by atoms with E-state index in [2.05, 4.69) is 14.2 Å². The number of rotatable bonds is 2. The number of carbonyl (C=O) groups is 1. The molecule has 1 amide bonds. The van der Waals surface area contributed by atoms with Gasteiger partial charge in [0.05, 0.1) is 12.2 Å². The number of hydrogen-bond donors (Lipinski definition) is 0. The van der Waals surface area contributed by atoms with Gasteiger partial charge in [-0.1, -0.05) is 0 Å². The molecule has 0 bridgehead atoms. The molecule has 0 saturated carbocycles. The van der Waals surface area contributed by atoms with E-state index >= 15 is 0 Å². The maximum atomic E-state index is 12.5. The van der Waals surface area contributed by atoms with E-state index in [4.69, 9.17) is 4.74 Å². The molecule has 25 heavy (non-hydrogen) atoms. The summed E-state index contributed by atoms with van der Waals surface area (Å²) in [4.78, 5) is 20.7. The minimum absolute atomic E-state index is 0.0259. The van der Waals surface area contributed by atoms with Gasteiger partial charge in [-0.2, -0.15) is 21.6 Å². The van der Waals surface area contributed by atoms with Crippen molar-refractivity contribution in [2.45, 2.75) is 44.8 Å². The van der Waals surface area contributed by atoms with E-state index in [1.807, 2.05) is 0 Å². The van der Waals surface area contributed by atoms with Crippen LogP contribution in [-0.4, -0.2) is 47.0 Å². The summed E-state index contributed by atoms with van der Waals surface area (Å²) in [5.41, 5.74) is -5.98. The third kappa shape index (κ3) is 4.50. The van der Waals surface area contributed by atoms with Crippen molar-refractivity contribution in [2.24, 2.45) is 0 Å². The Bertz CT molecular complexity index is 774. The Morgan fingerprint density at radius 2 is 1.88 bits per heavy atom. The number of aromatic nitrogens is 2. The van der Waals surface area contributed by atoms with Crippen LogP contribution < -0.4 is 4.18 Å². The zero-order valence-corrected chi connectivity index (χ0v) is 14.4. The lowest BCUT2D eigenvalue weighted by atomic mass is 10.1. The SMILES string of the molecule is CC(C)(C)OC(=O)N1CCc2c(ncnc2OS(=O)(=O)C(F)(F)F)C1. The standard InChI is InChI=1S/C13H16F3N3O5S/c1-12(2,3)23-11(20)19-5-4-8-9(6-19)17-7-18-10(8)24-25(21,22)13(14,15)16/h7H,4-6H2,1-3H3. The van der Waals surface area contributed by atoms with Gasteiger partial charge in [-0.15, -0.1) is 0 Å². The molecule has 0 aliphatic carbocycles. The van der Waals surface area contributed by atoms with Crippen LogP contribution in [0.3, 0.4) is 0 Å². The van der Waals surface area contributed by atoms with Crippen LogP contribution in [0.15, 0.2) is 6.33 Å². The van der Waals surface area contributed by atoms with Crippen LogP contribution in [-0.2, 0) is 27.8 Å². The van der Waals surface area contributed by atoms with Crippen LogP contribution in [0.4, 0.5) is 18.0 Å². The Morgan fingerprint density at radius 3 is 2.44 bits per heavy atom. The van der Waals surface area contributed by atoms with Gasteiger partial charge in [0.25, 0.3) is 0 Å². The second kappa shape index (κ2) is 6.32. The van der Waals surface area contributed by atoms with Crippen molar-refractivity contribution in [1.29, 1.82) is 0 Å². The Kier molecular flexibility index (Phi) is 4.86. The van der Waals surface area contributed by atoms with Crippen LogP contribution in [0.25, 0.3) is 0 Å². The number of alkyl halides is 3. The molecule has 0 N–H and O–H groups in total. The van der Waals surface area contributed by atoms with Crippen molar-refractivity contribution < 1.29 is 35.3 Å². The Labute approximate surface area is 142 Å². The second-order valence-electron chi connectivity index (χ2n) is 6.24. The third-order valence-corrected chi connectivity index (χ3v) is 4.04. The van der Waals surface area contributed by atoms with Gasteiger partial charge in [-0.05, 0) is 27.2 Å². The Morgan fingerprint density at radius 1 is 1.24 bits per heavy atom. The minimum Gasteiger partial charge on any atom is -0.444 e. The fraction of sp³-hybridized carbons (Fsp3) is 0.615. The highest BCUT2D eigenvalue weighted by Gasteiger charge is 2.49. The lowest BCUT2D eigenvalue weighted by Gasteiger charge is -2.30. The lowest BCUT2D eigenvalue weighted by Crippen LogP contribution is -2.40. The van der Waals surface area contributed by atoms with Crippen molar-refractivity contribution >= 4 is 16.2 Å². The van der Waals surface area contributed by atoms with Crippen LogP contribution in [0.2, 0.25) is 0 Å². The van der Waals surface area contributed by atoms with Gasteiger partial charge in [0, 0.05) is 12.1 Å². The summed E-state index contributed by atoms with van der Waals surface area (Å²) in [6.07, 6.45) is 0.290. The van der Waals surface area contributed by atoms with Crippen LogP contribution in [0, 0.1) is 0 Å². The maximum absolute atomic E-state index is 12.5. The van der Waals surface area contributed by atoms with E-state index in [0.29, 0.717) is 0 Å². The second-order valence-corrected chi connectivity index (χ2v) is 7.78. The van der Waals surface area contributed by atoms with Crippen LogP contribution in [0.1, 0.15) is 32.0 Å². The number of halogens is 3. The van der Waals surface area contributed by atoms with Crippen LogP contribution >= 0.6 is 0 Å². The molecule has 12 heteroatoms.